The van der Waals surface area contributed by atoms with Crippen LogP contribution < -0.4 is 10.9 Å². The molecule has 1 aromatic heterocycles. The Bertz CT molecular complexity index is 1170. The number of nitrogens with zero attached hydrogens (tertiary/aromatic N) is 4. The second kappa shape index (κ2) is 11.8. The van der Waals surface area contributed by atoms with E-state index in [0.717, 1.165) is 11.3 Å². The van der Waals surface area contributed by atoms with E-state index in [1.54, 1.807) is 22.6 Å². The van der Waals surface area contributed by atoms with Crippen molar-refractivity contribution in [2.45, 2.75) is 32.9 Å². The quantitative estimate of drug-likeness (QED) is 0.491. The maximum atomic E-state index is 13.6. The number of benzene rings is 2. The van der Waals surface area contributed by atoms with Crippen molar-refractivity contribution in [3.63, 3.8) is 0 Å². The molecule has 0 saturated heterocycles. The average Bonchev–Trinajstić information content (AvgIpc) is 2.82. The molecule has 3 aromatic rings. The largest absolute Gasteiger partial charge is 0.383 e. The number of rotatable bonds is 10. The lowest BCUT2D eigenvalue weighted by molar-refractivity contribution is 0.164. The molecule has 34 heavy (non-hydrogen) atoms. The summed E-state index contributed by atoms with van der Waals surface area (Å²) in [6, 6.07) is 14.4. The zero-order chi connectivity index (χ0) is 24.7. The number of carbonyl (C=O) groups excluding carboxylic acids is 1. The van der Waals surface area contributed by atoms with E-state index in [1.807, 2.05) is 75.3 Å². The van der Waals surface area contributed by atoms with Crippen LogP contribution in [0.15, 0.2) is 53.3 Å². The first-order valence-corrected chi connectivity index (χ1v) is 11.6. The maximum absolute atomic E-state index is 13.6. The minimum absolute atomic E-state index is 0.122. The lowest BCUT2D eigenvalue weighted by Crippen LogP contribution is -2.44. The second-order valence-electron chi connectivity index (χ2n) is 8.60. The van der Waals surface area contributed by atoms with Crippen molar-refractivity contribution in [1.29, 1.82) is 0 Å². The number of hydrogen-bond donors (Lipinski definition) is 1. The highest BCUT2D eigenvalue weighted by Gasteiger charge is 2.29. The Morgan fingerprint density at radius 3 is 2.50 bits per heavy atom. The predicted molar refractivity (Wildman–Crippen MR) is 136 cm³/mol. The van der Waals surface area contributed by atoms with Crippen LogP contribution >= 0.6 is 0 Å². The molecule has 2 amide bonds. The zero-order valence-corrected chi connectivity index (χ0v) is 20.7. The molecule has 0 radical (unpaired) electrons. The normalized spacial score (nSPS) is 12.2. The molecular formula is C26H35N5O3. The van der Waals surface area contributed by atoms with Crippen LogP contribution in [0.2, 0.25) is 0 Å². The van der Waals surface area contributed by atoms with Gasteiger partial charge in [0.2, 0.25) is 0 Å². The van der Waals surface area contributed by atoms with E-state index in [0.29, 0.717) is 49.4 Å². The predicted octanol–water partition coefficient (Wildman–Crippen LogP) is 3.90. The van der Waals surface area contributed by atoms with E-state index in [1.165, 1.54) is 0 Å². The second-order valence-corrected chi connectivity index (χ2v) is 8.60. The Labute approximate surface area is 201 Å². The molecule has 0 aliphatic carbocycles. The van der Waals surface area contributed by atoms with E-state index in [4.69, 9.17) is 9.72 Å². The number of anilines is 1. The van der Waals surface area contributed by atoms with Gasteiger partial charge >= 0.3 is 6.03 Å². The van der Waals surface area contributed by atoms with Gasteiger partial charge in [0.05, 0.1) is 30.1 Å². The third kappa shape index (κ3) is 5.81. The number of aryl methyl sites for hydroxylation is 1. The van der Waals surface area contributed by atoms with E-state index in [-0.39, 0.29) is 11.6 Å². The molecule has 182 valence electrons. The number of nitrogens with one attached hydrogen (secondary N) is 1. The van der Waals surface area contributed by atoms with Gasteiger partial charge in [0.15, 0.2) is 0 Å². The van der Waals surface area contributed by atoms with Crippen LogP contribution in [-0.2, 0) is 11.3 Å². The third-order valence-corrected chi connectivity index (χ3v) is 5.91. The van der Waals surface area contributed by atoms with Crippen LogP contribution in [0.4, 0.5) is 10.5 Å². The molecule has 0 fully saturated rings. The maximum Gasteiger partial charge on any atom is 0.322 e. The van der Waals surface area contributed by atoms with Gasteiger partial charge in [0, 0.05) is 25.9 Å². The number of fused-ring (bicyclic) bond motifs is 1. The van der Waals surface area contributed by atoms with E-state index in [2.05, 4.69) is 5.32 Å². The minimum Gasteiger partial charge on any atom is -0.383 e. The van der Waals surface area contributed by atoms with Crippen LogP contribution in [-0.4, -0.2) is 66.3 Å². The van der Waals surface area contributed by atoms with Gasteiger partial charge in [-0.1, -0.05) is 37.3 Å². The molecule has 0 aliphatic rings. The first-order chi connectivity index (χ1) is 16.4. The van der Waals surface area contributed by atoms with Gasteiger partial charge in [-0.05, 0) is 51.2 Å². The number of hydrogen-bond acceptors (Lipinski definition) is 5. The highest BCUT2D eigenvalue weighted by atomic mass is 16.5. The van der Waals surface area contributed by atoms with Crippen LogP contribution in [0.5, 0.6) is 0 Å². The summed E-state index contributed by atoms with van der Waals surface area (Å²) in [6.07, 6.45) is 0.604. The summed E-state index contributed by atoms with van der Waals surface area (Å²) in [5, 5.41) is 3.62. The highest BCUT2D eigenvalue weighted by Crippen LogP contribution is 2.25. The van der Waals surface area contributed by atoms with Gasteiger partial charge in [-0.3, -0.25) is 9.36 Å². The van der Waals surface area contributed by atoms with Gasteiger partial charge in [0.1, 0.15) is 5.82 Å². The van der Waals surface area contributed by atoms with Crippen LogP contribution in [0.3, 0.4) is 0 Å². The molecule has 0 aliphatic heterocycles. The molecule has 1 atom stereocenters. The summed E-state index contributed by atoms with van der Waals surface area (Å²) in [5.74, 6) is 0.571. The lowest BCUT2D eigenvalue weighted by Gasteiger charge is -2.33. The molecule has 1 N–H and O–H groups in total. The number of urea groups is 1. The SMILES string of the molecule is CCC(c1nc2ccccc2c(=O)n1CCOC)N(CCN(C)C)C(=O)Nc1ccccc1C. The van der Waals surface area contributed by atoms with Crippen molar-refractivity contribution in [2.24, 2.45) is 0 Å². The van der Waals surface area contributed by atoms with Gasteiger partial charge in [-0.15, -0.1) is 0 Å². The molecule has 3 rings (SSSR count). The summed E-state index contributed by atoms with van der Waals surface area (Å²) >= 11 is 0. The third-order valence-electron chi connectivity index (χ3n) is 5.91. The molecular weight excluding hydrogens is 430 g/mol. The summed E-state index contributed by atoms with van der Waals surface area (Å²) in [6.45, 7) is 5.86. The molecule has 2 aromatic carbocycles. The number of methoxy groups -OCH3 is 1. The molecule has 0 bridgehead atoms. The van der Waals surface area contributed by atoms with Crippen LogP contribution in [0, 0.1) is 6.92 Å². The molecule has 1 heterocycles. The molecule has 8 heteroatoms. The van der Waals surface area contributed by atoms with Crippen LogP contribution in [0.25, 0.3) is 10.9 Å². The van der Waals surface area contributed by atoms with Crippen molar-refractivity contribution in [3.05, 3.63) is 70.3 Å². The van der Waals surface area contributed by atoms with E-state index < -0.39 is 6.04 Å². The molecule has 1 unspecified atom stereocenters. The number of amides is 2. The van der Waals surface area contributed by atoms with Crippen molar-refractivity contribution in [3.8, 4) is 0 Å². The van der Waals surface area contributed by atoms with Gasteiger partial charge < -0.3 is 19.9 Å². The molecule has 0 saturated carbocycles. The average molecular weight is 466 g/mol. The summed E-state index contributed by atoms with van der Waals surface area (Å²) in [5.41, 5.74) is 2.25. The fourth-order valence-corrected chi connectivity index (χ4v) is 3.99. The first-order valence-electron chi connectivity index (χ1n) is 11.6. The number of ether oxygens (including phenoxy) is 1. The van der Waals surface area contributed by atoms with Crippen molar-refractivity contribution < 1.29 is 9.53 Å². The topological polar surface area (TPSA) is 79.7 Å². The monoisotopic (exact) mass is 465 g/mol. The zero-order valence-electron chi connectivity index (χ0n) is 20.7. The standard InChI is InChI=1S/C26H35N5O3/c1-6-23(24-27-22-14-10-8-12-20(22)25(32)31(24)17-18-34-5)30(16-15-29(3)4)26(33)28-21-13-9-7-11-19(21)2/h7-14,23H,6,15-18H2,1-5H3,(H,28,33). The Morgan fingerprint density at radius 2 is 1.82 bits per heavy atom. The molecule has 0 spiro atoms. The van der Waals surface area contributed by atoms with Crippen molar-refractivity contribution >= 4 is 22.6 Å². The number of likely N-dealkylation sites (N-methyl/N-ethyl adjacent to an activating group) is 1. The molecule has 8 nitrogen and oxygen atoms in total. The minimum atomic E-state index is -0.391. The van der Waals surface area contributed by atoms with E-state index in [9.17, 15) is 9.59 Å². The Morgan fingerprint density at radius 1 is 1.12 bits per heavy atom. The lowest BCUT2D eigenvalue weighted by atomic mass is 10.1. The van der Waals surface area contributed by atoms with Gasteiger partial charge in [0.25, 0.3) is 5.56 Å². The van der Waals surface area contributed by atoms with Crippen LogP contribution in [0.1, 0.15) is 30.8 Å². The van der Waals surface area contributed by atoms with Gasteiger partial charge in [-0.2, -0.15) is 0 Å². The summed E-state index contributed by atoms with van der Waals surface area (Å²) in [7, 11) is 5.55. The summed E-state index contributed by atoms with van der Waals surface area (Å²) < 4.78 is 6.93. The van der Waals surface area contributed by atoms with E-state index >= 15 is 0 Å². The number of carbonyl (C=O) groups is 1. The fraction of sp³-hybridized carbons (Fsp3) is 0.423. The number of para-hydroxylation sites is 2. The Hall–Kier alpha value is -3.23. The number of aromatic nitrogens is 2. The Kier molecular flexibility index (Phi) is 8.79. The van der Waals surface area contributed by atoms with Crippen molar-refractivity contribution in [1.82, 2.24) is 19.4 Å². The smallest absolute Gasteiger partial charge is 0.322 e. The first kappa shape index (κ1) is 25.4. The van der Waals surface area contributed by atoms with Crippen molar-refractivity contribution in [2.75, 3.05) is 46.2 Å². The Balaban J connectivity index is 2.09. The highest BCUT2D eigenvalue weighted by molar-refractivity contribution is 5.90. The fourth-order valence-electron chi connectivity index (χ4n) is 3.99. The summed E-state index contributed by atoms with van der Waals surface area (Å²) in [4.78, 5) is 35.7. The van der Waals surface area contributed by atoms with Gasteiger partial charge in [-0.25, -0.2) is 9.78 Å².